The third-order valence-electron chi connectivity index (χ3n) is 4.63. The van der Waals surface area contributed by atoms with Crippen molar-refractivity contribution in [3.05, 3.63) is 35.4 Å². The van der Waals surface area contributed by atoms with E-state index >= 15 is 0 Å². The van der Waals surface area contributed by atoms with Crippen LogP contribution in [-0.4, -0.2) is 56.0 Å². The molecule has 0 atom stereocenters. The topological polar surface area (TPSA) is 83.0 Å². The minimum absolute atomic E-state index is 0. The standard InChI is InChI=1S/C20H30N4O3.HI/c1-4-22-18(25)16-8-6-15(7-9-16)14-23-20(21-3)24-12-10-17(11-13-24)19(26)27-5-2;/h6-9,17H,4-5,10-14H2,1-3H3,(H,21,23)(H,22,25);1H. The van der Waals surface area contributed by atoms with E-state index < -0.39 is 0 Å². The Morgan fingerprint density at radius 1 is 1.14 bits per heavy atom. The van der Waals surface area contributed by atoms with E-state index in [0.29, 0.717) is 25.3 Å². The third kappa shape index (κ3) is 6.96. The van der Waals surface area contributed by atoms with Crippen LogP contribution in [0.1, 0.15) is 42.6 Å². The number of hydrogen-bond donors (Lipinski definition) is 2. The van der Waals surface area contributed by atoms with Gasteiger partial charge < -0.3 is 20.3 Å². The second-order valence-electron chi connectivity index (χ2n) is 6.47. The number of likely N-dealkylation sites (tertiary alicyclic amines) is 1. The van der Waals surface area contributed by atoms with Crippen LogP contribution in [0.15, 0.2) is 29.3 Å². The molecule has 1 aromatic rings. The maximum Gasteiger partial charge on any atom is 0.309 e. The molecule has 1 heterocycles. The number of hydrogen-bond acceptors (Lipinski definition) is 4. The predicted octanol–water partition coefficient (Wildman–Crippen LogP) is 2.40. The second kappa shape index (κ2) is 12.6. The highest BCUT2D eigenvalue weighted by molar-refractivity contribution is 14.0. The summed E-state index contributed by atoms with van der Waals surface area (Å²) in [4.78, 5) is 30.2. The molecule has 1 saturated heterocycles. The van der Waals surface area contributed by atoms with Crippen LogP contribution in [-0.2, 0) is 16.1 Å². The smallest absolute Gasteiger partial charge is 0.309 e. The number of ether oxygens (including phenoxy) is 1. The van der Waals surface area contributed by atoms with Crippen LogP contribution in [0.3, 0.4) is 0 Å². The number of carbonyl (C=O) groups is 2. The van der Waals surface area contributed by atoms with Gasteiger partial charge in [0.2, 0.25) is 0 Å². The molecule has 1 amide bonds. The Morgan fingerprint density at radius 3 is 2.32 bits per heavy atom. The Labute approximate surface area is 184 Å². The van der Waals surface area contributed by atoms with E-state index in [2.05, 4.69) is 20.5 Å². The molecular formula is C20H31IN4O3. The lowest BCUT2D eigenvalue weighted by Gasteiger charge is -2.33. The summed E-state index contributed by atoms with van der Waals surface area (Å²) >= 11 is 0. The van der Waals surface area contributed by atoms with Crippen LogP contribution in [0.2, 0.25) is 0 Å². The second-order valence-corrected chi connectivity index (χ2v) is 6.47. The molecule has 0 spiro atoms. The number of piperidine rings is 1. The quantitative estimate of drug-likeness (QED) is 0.270. The molecule has 8 heteroatoms. The minimum Gasteiger partial charge on any atom is -0.466 e. The van der Waals surface area contributed by atoms with Crippen molar-refractivity contribution in [3.63, 3.8) is 0 Å². The van der Waals surface area contributed by atoms with Crippen molar-refractivity contribution in [1.29, 1.82) is 0 Å². The fourth-order valence-corrected chi connectivity index (χ4v) is 3.14. The summed E-state index contributed by atoms with van der Waals surface area (Å²) in [6, 6.07) is 7.54. The maximum absolute atomic E-state index is 11.9. The van der Waals surface area contributed by atoms with Gasteiger partial charge in [-0.3, -0.25) is 14.6 Å². The van der Waals surface area contributed by atoms with Crippen molar-refractivity contribution in [1.82, 2.24) is 15.5 Å². The Kier molecular flexibility index (Phi) is 10.9. The third-order valence-corrected chi connectivity index (χ3v) is 4.63. The van der Waals surface area contributed by atoms with E-state index in [1.807, 2.05) is 38.1 Å². The normalized spacial score (nSPS) is 14.8. The van der Waals surface area contributed by atoms with Crippen molar-refractivity contribution in [2.45, 2.75) is 33.2 Å². The van der Waals surface area contributed by atoms with E-state index in [9.17, 15) is 9.59 Å². The summed E-state index contributed by atoms with van der Waals surface area (Å²) in [6.07, 6.45) is 1.56. The number of amides is 1. The van der Waals surface area contributed by atoms with Gasteiger partial charge in [0.05, 0.1) is 12.5 Å². The average molecular weight is 502 g/mol. The number of guanidine groups is 1. The molecule has 1 aliphatic heterocycles. The van der Waals surface area contributed by atoms with Crippen LogP contribution >= 0.6 is 24.0 Å². The minimum atomic E-state index is -0.0905. The number of benzene rings is 1. The van der Waals surface area contributed by atoms with Gasteiger partial charge in [0, 0.05) is 38.8 Å². The molecule has 0 radical (unpaired) electrons. The number of aliphatic imine (C=N–C) groups is 1. The number of nitrogens with one attached hydrogen (secondary N) is 2. The fraction of sp³-hybridized carbons (Fsp3) is 0.550. The highest BCUT2D eigenvalue weighted by atomic mass is 127. The van der Waals surface area contributed by atoms with Crippen LogP contribution in [0, 0.1) is 5.92 Å². The molecule has 0 bridgehead atoms. The number of halogens is 1. The molecule has 2 N–H and O–H groups in total. The van der Waals surface area contributed by atoms with Crippen LogP contribution < -0.4 is 10.6 Å². The Bertz CT molecular complexity index is 656. The lowest BCUT2D eigenvalue weighted by atomic mass is 9.97. The largest absolute Gasteiger partial charge is 0.466 e. The Balaban J connectivity index is 0.00000392. The van der Waals surface area contributed by atoms with Gasteiger partial charge in [-0.15, -0.1) is 24.0 Å². The van der Waals surface area contributed by atoms with Gasteiger partial charge in [-0.2, -0.15) is 0 Å². The van der Waals surface area contributed by atoms with Crippen LogP contribution in [0.25, 0.3) is 0 Å². The highest BCUT2D eigenvalue weighted by Gasteiger charge is 2.27. The van der Waals surface area contributed by atoms with Crippen molar-refractivity contribution in [2.75, 3.05) is 33.3 Å². The van der Waals surface area contributed by atoms with Gasteiger partial charge in [-0.1, -0.05) is 12.1 Å². The average Bonchev–Trinajstić information content (AvgIpc) is 2.70. The SMILES string of the molecule is CCNC(=O)c1ccc(CNC(=NC)N2CCC(C(=O)OCC)CC2)cc1.I. The summed E-state index contributed by atoms with van der Waals surface area (Å²) in [5, 5.41) is 6.15. The van der Waals surface area contributed by atoms with E-state index in [1.165, 1.54) is 0 Å². The maximum atomic E-state index is 11.9. The molecule has 0 aliphatic carbocycles. The van der Waals surface area contributed by atoms with Gasteiger partial charge in [0.1, 0.15) is 0 Å². The molecule has 7 nitrogen and oxygen atoms in total. The van der Waals surface area contributed by atoms with Crippen LogP contribution in [0.4, 0.5) is 0 Å². The first kappa shape index (κ1) is 24.2. The van der Waals surface area contributed by atoms with Crippen molar-refractivity contribution < 1.29 is 14.3 Å². The van der Waals surface area contributed by atoms with E-state index in [1.54, 1.807) is 7.05 Å². The molecule has 1 aromatic carbocycles. The van der Waals surface area contributed by atoms with Gasteiger partial charge in [-0.25, -0.2) is 0 Å². The molecule has 2 rings (SSSR count). The number of esters is 1. The zero-order valence-corrected chi connectivity index (χ0v) is 19.2. The van der Waals surface area contributed by atoms with Crippen LogP contribution in [0.5, 0.6) is 0 Å². The molecule has 1 fully saturated rings. The molecular weight excluding hydrogens is 471 g/mol. The first-order valence-electron chi connectivity index (χ1n) is 9.58. The van der Waals surface area contributed by atoms with Gasteiger partial charge in [0.15, 0.2) is 5.96 Å². The van der Waals surface area contributed by atoms with Gasteiger partial charge >= 0.3 is 5.97 Å². The van der Waals surface area contributed by atoms with Crippen molar-refractivity contribution in [2.24, 2.45) is 10.9 Å². The predicted molar refractivity (Wildman–Crippen MR) is 121 cm³/mol. The summed E-state index contributed by atoms with van der Waals surface area (Å²) in [6.45, 7) is 6.96. The lowest BCUT2D eigenvalue weighted by molar-refractivity contribution is -0.149. The first-order valence-corrected chi connectivity index (χ1v) is 9.58. The molecule has 156 valence electrons. The van der Waals surface area contributed by atoms with E-state index in [-0.39, 0.29) is 41.8 Å². The first-order chi connectivity index (χ1) is 13.1. The molecule has 0 unspecified atom stereocenters. The van der Waals surface area contributed by atoms with Gasteiger partial charge in [-0.05, 0) is 44.4 Å². The number of rotatable bonds is 6. The summed E-state index contributed by atoms with van der Waals surface area (Å²) < 4.78 is 5.12. The summed E-state index contributed by atoms with van der Waals surface area (Å²) in [7, 11) is 1.76. The summed E-state index contributed by atoms with van der Waals surface area (Å²) in [5.41, 5.74) is 1.73. The summed E-state index contributed by atoms with van der Waals surface area (Å²) in [5.74, 6) is 0.663. The monoisotopic (exact) mass is 502 g/mol. The number of nitrogens with zero attached hydrogens (tertiary/aromatic N) is 2. The van der Waals surface area contributed by atoms with E-state index in [4.69, 9.17) is 4.74 Å². The number of carbonyl (C=O) groups excluding carboxylic acids is 2. The molecule has 0 saturated carbocycles. The van der Waals surface area contributed by atoms with Gasteiger partial charge in [0.25, 0.3) is 5.91 Å². The Morgan fingerprint density at radius 2 is 1.79 bits per heavy atom. The lowest BCUT2D eigenvalue weighted by Crippen LogP contribution is -2.46. The van der Waals surface area contributed by atoms with Crippen molar-refractivity contribution >= 4 is 41.8 Å². The Hall–Kier alpha value is -1.84. The molecule has 1 aliphatic rings. The fourth-order valence-electron chi connectivity index (χ4n) is 3.14. The zero-order chi connectivity index (χ0) is 19.6. The molecule has 0 aromatic heterocycles. The molecule has 28 heavy (non-hydrogen) atoms. The van der Waals surface area contributed by atoms with E-state index in [0.717, 1.165) is 37.5 Å². The van der Waals surface area contributed by atoms with Crippen molar-refractivity contribution in [3.8, 4) is 0 Å². The zero-order valence-electron chi connectivity index (χ0n) is 16.9. The highest BCUT2D eigenvalue weighted by Crippen LogP contribution is 2.18.